The summed E-state index contributed by atoms with van der Waals surface area (Å²) in [6, 6.07) is 9.69. The molecule has 0 fully saturated rings. The monoisotopic (exact) mass is 403 g/mol. The maximum atomic E-state index is 12.5. The molecule has 1 N–H and O–H groups in total. The topological polar surface area (TPSA) is 105 Å². The minimum absolute atomic E-state index is 0.00899. The lowest BCUT2D eigenvalue weighted by molar-refractivity contribution is -0.150. The maximum Gasteiger partial charge on any atom is 0.342 e. The first kappa shape index (κ1) is 19.8. The molecule has 0 aromatic heterocycles. The Morgan fingerprint density at radius 3 is 2.79 bits per heavy atom. The zero-order chi connectivity index (χ0) is 20.1. The third kappa shape index (κ3) is 4.86. The molecular formula is C19H21N3O5S. The number of hydrogen-bond donors (Lipinski definition) is 1. The molecule has 8 nitrogen and oxygen atoms in total. The number of nitrogens with one attached hydrogen (secondary N) is 1. The van der Waals surface area contributed by atoms with Crippen molar-refractivity contribution >= 4 is 27.7 Å². The van der Waals surface area contributed by atoms with E-state index in [1.807, 2.05) is 30.3 Å². The minimum Gasteiger partial charge on any atom is -0.449 e. The van der Waals surface area contributed by atoms with Gasteiger partial charge in [-0.05, 0) is 31.1 Å². The van der Waals surface area contributed by atoms with Crippen molar-refractivity contribution in [1.82, 2.24) is 10.2 Å². The van der Waals surface area contributed by atoms with Gasteiger partial charge < -0.3 is 15.0 Å². The largest absolute Gasteiger partial charge is 0.449 e. The number of sulfonamides is 1. The molecule has 1 atom stereocenters. The van der Waals surface area contributed by atoms with Gasteiger partial charge in [0.05, 0.1) is 5.75 Å². The van der Waals surface area contributed by atoms with E-state index in [2.05, 4.69) is 9.71 Å². The molecule has 28 heavy (non-hydrogen) atoms. The molecule has 2 aliphatic rings. The van der Waals surface area contributed by atoms with Crippen LogP contribution in [-0.4, -0.2) is 56.0 Å². The number of allylic oxidation sites excluding steroid dienone is 2. The first-order valence-corrected chi connectivity index (χ1v) is 10.5. The summed E-state index contributed by atoms with van der Waals surface area (Å²) in [5.74, 6) is -1.32. The van der Waals surface area contributed by atoms with E-state index in [0.717, 1.165) is 5.56 Å². The van der Waals surface area contributed by atoms with Gasteiger partial charge in [-0.1, -0.05) is 30.3 Å². The van der Waals surface area contributed by atoms with Crippen LogP contribution in [0.1, 0.15) is 12.5 Å². The SMILES string of the molecule is C[C@@H](OC(=O)C1=CC=CN2CCS(=O)(=O)N=C12)C(=O)NCCc1ccccc1. The lowest BCUT2D eigenvalue weighted by Crippen LogP contribution is -2.42. The van der Waals surface area contributed by atoms with Crippen molar-refractivity contribution in [3.8, 4) is 0 Å². The third-order valence-corrected chi connectivity index (χ3v) is 5.44. The highest BCUT2D eigenvalue weighted by atomic mass is 32.2. The third-order valence-electron chi connectivity index (χ3n) is 4.29. The number of fused-ring (bicyclic) bond motifs is 1. The predicted octanol–water partition coefficient (Wildman–Crippen LogP) is 0.775. The van der Waals surface area contributed by atoms with Crippen LogP contribution >= 0.6 is 0 Å². The van der Waals surface area contributed by atoms with Crippen LogP contribution < -0.4 is 5.32 Å². The predicted molar refractivity (Wildman–Crippen MR) is 104 cm³/mol. The van der Waals surface area contributed by atoms with Gasteiger partial charge in [0.1, 0.15) is 5.57 Å². The van der Waals surface area contributed by atoms with Crippen LogP contribution in [0.5, 0.6) is 0 Å². The minimum atomic E-state index is -3.62. The summed E-state index contributed by atoms with van der Waals surface area (Å²) in [6.45, 7) is 2.08. The molecule has 0 unspecified atom stereocenters. The Morgan fingerprint density at radius 1 is 1.29 bits per heavy atom. The second kappa shape index (κ2) is 8.39. The van der Waals surface area contributed by atoms with Crippen molar-refractivity contribution in [3.63, 3.8) is 0 Å². The zero-order valence-electron chi connectivity index (χ0n) is 15.4. The van der Waals surface area contributed by atoms with Crippen molar-refractivity contribution < 1.29 is 22.7 Å². The molecule has 1 amide bonds. The normalized spacial score (nSPS) is 18.4. The highest BCUT2D eigenvalue weighted by Gasteiger charge is 2.32. The lowest BCUT2D eigenvalue weighted by Gasteiger charge is -2.28. The highest BCUT2D eigenvalue weighted by molar-refractivity contribution is 7.90. The van der Waals surface area contributed by atoms with E-state index in [1.54, 1.807) is 17.2 Å². The van der Waals surface area contributed by atoms with Crippen molar-refractivity contribution in [2.45, 2.75) is 19.4 Å². The Morgan fingerprint density at radius 2 is 2.04 bits per heavy atom. The van der Waals surface area contributed by atoms with Gasteiger partial charge in [0.25, 0.3) is 15.9 Å². The molecule has 0 aliphatic carbocycles. The Hall–Kier alpha value is -2.94. The van der Waals surface area contributed by atoms with E-state index in [4.69, 9.17) is 4.74 Å². The van der Waals surface area contributed by atoms with Gasteiger partial charge >= 0.3 is 5.97 Å². The Labute approximate surface area is 163 Å². The second-order valence-corrected chi connectivity index (χ2v) is 8.15. The van der Waals surface area contributed by atoms with Gasteiger partial charge in [0.15, 0.2) is 11.9 Å². The smallest absolute Gasteiger partial charge is 0.342 e. The summed E-state index contributed by atoms with van der Waals surface area (Å²) in [5.41, 5.74) is 1.10. The number of ether oxygens (including phenoxy) is 1. The Bertz CT molecular complexity index is 951. The molecule has 0 saturated carbocycles. The van der Waals surface area contributed by atoms with E-state index < -0.39 is 28.0 Å². The van der Waals surface area contributed by atoms with Crippen LogP contribution in [0.3, 0.4) is 0 Å². The number of rotatable bonds is 6. The van der Waals surface area contributed by atoms with Crippen LogP contribution in [0.25, 0.3) is 0 Å². The van der Waals surface area contributed by atoms with Crippen molar-refractivity contribution in [2.24, 2.45) is 4.40 Å². The highest BCUT2D eigenvalue weighted by Crippen LogP contribution is 2.19. The number of amidine groups is 1. The molecule has 0 spiro atoms. The Balaban J connectivity index is 1.57. The lowest BCUT2D eigenvalue weighted by atomic mass is 10.1. The molecule has 0 bridgehead atoms. The second-order valence-electron chi connectivity index (χ2n) is 6.39. The summed E-state index contributed by atoms with van der Waals surface area (Å²) >= 11 is 0. The van der Waals surface area contributed by atoms with Crippen molar-refractivity contribution in [2.75, 3.05) is 18.8 Å². The number of carbonyl (C=O) groups excluding carboxylic acids is 2. The van der Waals surface area contributed by atoms with Crippen LogP contribution in [0.15, 0.2) is 58.7 Å². The van der Waals surface area contributed by atoms with E-state index in [0.29, 0.717) is 13.0 Å². The molecule has 1 aromatic carbocycles. The van der Waals surface area contributed by atoms with Gasteiger partial charge in [-0.15, -0.1) is 4.40 Å². The number of carbonyl (C=O) groups is 2. The fourth-order valence-corrected chi connectivity index (χ4v) is 3.76. The van der Waals surface area contributed by atoms with Gasteiger partial charge in [0.2, 0.25) is 0 Å². The summed E-state index contributed by atoms with van der Waals surface area (Å²) < 4.78 is 32.4. The molecule has 0 radical (unpaired) electrons. The molecule has 9 heteroatoms. The van der Waals surface area contributed by atoms with Crippen molar-refractivity contribution in [3.05, 3.63) is 59.8 Å². The standard InChI is InChI=1S/C19H21N3O5S/c1-14(18(23)20-10-9-15-6-3-2-4-7-15)27-19(24)16-8-5-11-22-12-13-28(25,26)21-17(16)22/h2-8,11,14H,9-10,12-13H2,1H3,(H,20,23)/t14-/m1/s1. The fraction of sp³-hybridized carbons (Fsp3) is 0.316. The van der Waals surface area contributed by atoms with E-state index in [-0.39, 0.29) is 23.7 Å². The number of esters is 1. The molecule has 2 aliphatic heterocycles. The van der Waals surface area contributed by atoms with Crippen LogP contribution in [0.4, 0.5) is 0 Å². The molecule has 2 heterocycles. The summed E-state index contributed by atoms with van der Waals surface area (Å²) in [4.78, 5) is 26.2. The molecule has 3 rings (SSSR count). The van der Waals surface area contributed by atoms with E-state index in [9.17, 15) is 18.0 Å². The van der Waals surface area contributed by atoms with E-state index in [1.165, 1.54) is 13.0 Å². The molecular weight excluding hydrogens is 382 g/mol. The summed E-state index contributed by atoms with van der Waals surface area (Å²) in [7, 11) is -3.62. The zero-order valence-corrected chi connectivity index (χ0v) is 16.2. The van der Waals surface area contributed by atoms with Crippen molar-refractivity contribution in [1.29, 1.82) is 0 Å². The van der Waals surface area contributed by atoms with Crippen LogP contribution in [-0.2, 0) is 30.8 Å². The Kier molecular flexibility index (Phi) is 5.93. The van der Waals surface area contributed by atoms with Crippen LogP contribution in [0.2, 0.25) is 0 Å². The van der Waals surface area contributed by atoms with Gasteiger partial charge in [0, 0.05) is 19.3 Å². The molecule has 0 saturated heterocycles. The summed E-state index contributed by atoms with van der Waals surface area (Å²) in [5, 5.41) is 2.72. The molecule has 148 valence electrons. The number of nitrogens with zero attached hydrogens (tertiary/aromatic N) is 2. The summed E-state index contributed by atoms with van der Waals surface area (Å²) in [6.07, 6.45) is 4.32. The number of amides is 1. The van der Waals surface area contributed by atoms with Crippen LogP contribution in [0, 0.1) is 0 Å². The first-order valence-electron chi connectivity index (χ1n) is 8.86. The number of benzene rings is 1. The fourth-order valence-electron chi connectivity index (χ4n) is 2.77. The average molecular weight is 403 g/mol. The average Bonchev–Trinajstić information content (AvgIpc) is 2.67. The number of hydrogen-bond acceptors (Lipinski definition) is 6. The van der Waals surface area contributed by atoms with Gasteiger partial charge in [-0.25, -0.2) is 13.2 Å². The maximum absolute atomic E-state index is 12.5. The first-order chi connectivity index (χ1) is 13.4. The molecule has 1 aromatic rings. The van der Waals surface area contributed by atoms with E-state index >= 15 is 0 Å². The quantitative estimate of drug-likeness (QED) is 0.704. The van der Waals surface area contributed by atoms with Gasteiger partial charge in [-0.2, -0.15) is 0 Å². The van der Waals surface area contributed by atoms with Gasteiger partial charge in [-0.3, -0.25) is 4.79 Å².